The Morgan fingerprint density at radius 2 is 2.05 bits per heavy atom. The van der Waals surface area contributed by atoms with Crippen LogP contribution in [0.3, 0.4) is 0 Å². The number of amides is 1. The molecule has 1 amide bonds. The molecule has 2 atom stereocenters. The highest BCUT2D eigenvalue weighted by molar-refractivity contribution is 6.34. The number of hydrogen-bond donors (Lipinski definition) is 2. The third-order valence-corrected chi connectivity index (χ3v) is 3.88. The van der Waals surface area contributed by atoms with E-state index in [4.69, 9.17) is 11.6 Å². The Kier molecular flexibility index (Phi) is 4.77. The van der Waals surface area contributed by atoms with Gasteiger partial charge >= 0.3 is 0 Å². The molecular weight excluding hydrogens is 269 g/mol. The van der Waals surface area contributed by atoms with Gasteiger partial charge in [0.05, 0.1) is 22.7 Å². The van der Waals surface area contributed by atoms with Crippen molar-refractivity contribution in [2.75, 3.05) is 0 Å². The quantitative estimate of drug-likeness (QED) is 0.821. The first-order valence-corrected chi connectivity index (χ1v) is 6.90. The van der Waals surface area contributed by atoms with Crippen LogP contribution < -0.4 is 5.32 Å². The molecule has 0 aromatic heterocycles. The highest BCUT2D eigenvalue weighted by atomic mass is 35.5. The van der Waals surface area contributed by atoms with Crippen molar-refractivity contribution < 1.29 is 14.3 Å². The lowest BCUT2D eigenvalue weighted by Crippen LogP contribution is -2.42. The molecule has 3 nitrogen and oxygen atoms in total. The van der Waals surface area contributed by atoms with Crippen LogP contribution in [0.5, 0.6) is 0 Å². The second-order valence-corrected chi connectivity index (χ2v) is 5.26. The van der Waals surface area contributed by atoms with Crippen LogP contribution in [-0.4, -0.2) is 23.2 Å². The van der Waals surface area contributed by atoms with Gasteiger partial charge in [0, 0.05) is 0 Å². The average molecular weight is 286 g/mol. The summed E-state index contributed by atoms with van der Waals surface area (Å²) in [6.45, 7) is 0. The third-order valence-electron chi connectivity index (χ3n) is 3.49. The smallest absolute Gasteiger partial charge is 0.253 e. The minimum atomic E-state index is -0.615. The van der Waals surface area contributed by atoms with Crippen LogP contribution in [0.25, 0.3) is 0 Å². The summed E-state index contributed by atoms with van der Waals surface area (Å²) in [6.07, 6.45) is 3.87. The lowest BCUT2D eigenvalue weighted by molar-refractivity contribution is 0.0818. The maximum atomic E-state index is 13.3. The largest absolute Gasteiger partial charge is 0.391 e. The molecule has 1 aromatic carbocycles. The van der Waals surface area contributed by atoms with Gasteiger partial charge < -0.3 is 10.4 Å². The van der Waals surface area contributed by atoms with Gasteiger partial charge in [-0.2, -0.15) is 0 Å². The summed E-state index contributed by atoms with van der Waals surface area (Å²) in [5.74, 6) is -1.05. The Labute approximate surface area is 116 Å². The predicted molar refractivity (Wildman–Crippen MR) is 71.8 cm³/mol. The third kappa shape index (κ3) is 3.45. The fourth-order valence-electron chi connectivity index (χ4n) is 2.38. The molecule has 0 radical (unpaired) electrons. The fourth-order valence-corrected chi connectivity index (χ4v) is 2.59. The number of aliphatic hydroxyl groups excluding tert-OH is 1. The number of aliphatic hydroxyl groups is 1. The van der Waals surface area contributed by atoms with Crippen molar-refractivity contribution in [3.63, 3.8) is 0 Å². The molecule has 1 aliphatic rings. The highest BCUT2D eigenvalue weighted by Gasteiger charge is 2.24. The van der Waals surface area contributed by atoms with Crippen LogP contribution in [0.15, 0.2) is 18.2 Å². The Morgan fingerprint density at radius 1 is 1.32 bits per heavy atom. The summed E-state index contributed by atoms with van der Waals surface area (Å²) in [5.41, 5.74) is 0.109. The van der Waals surface area contributed by atoms with Crippen molar-refractivity contribution in [1.82, 2.24) is 5.32 Å². The maximum absolute atomic E-state index is 13.3. The van der Waals surface area contributed by atoms with Crippen molar-refractivity contribution in [3.05, 3.63) is 34.6 Å². The maximum Gasteiger partial charge on any atom is 0.253 e. The summed E-state index contributed by atoms with van der Waals surface area (Å²) >= 11 is 5.78. The lowest BCUT2D eigenvalue weighted by Gasteiger charge is -2.22. The molecule has 19 heavy (non-hydrogen) atoms. The molecule has 0 heterocycles. The first-order chi connectivity index (χ1) is 9.09. The van der Waals surface area contributed by atoms with E-state index in [1.807, 2.05) is 0 Å². The van der Waals surface area contributed by atoms with Crippen molar-refractivity contribution in [3.8, 4) is 0 Å². The normalized spacial score (nSPS) is 23.7. The Hall–Kier alpha value is -1.13. The average Bonchev–Trinajstić information content (AvgIpc) is 2.58. The molecule has 0 saturated heterocycles. The summed E-state index contributed by atoms with van der Waals surface area (Å²) in [5, 5.41) is 12.5. The number of rotatable bonds is 2. The van der Waals surface area contributed by atoms with Gasteiger partial charge in [0.15, 0.2) is 0 Å². The molecule has 1 aliphatic carbocycles. The number of carbonyl (C=O) groups is 1. The van der Waals surface area contributed by atoms with E-state index in [9.17, 15) is 14.3 Å². The van der Waals surface area contributed by atoms with Gasteiger partial charge in [-0.3, -0.25) is 4.79 Å². The number of benzene rings is 1. The first kappa shape index (κ1) is 14.3. The molecule has 0 spiro atoms. The van der Waals surface area contributed by atoms with Crippen molar-refractivity contribution in [2.45, 2.75) is 44.2 Å². The zero-order valence-electron chi connectivity index (χ0n) is 10.5. The minimum Gasteiger partial charge on any atom is -0.391 e. The van der Waals surface area contributed by atoms with Crippen LogP contribution in [0, 0.1) is 5.82 Å². The number of nitrogens with one attached hydrogen (secondary N) is 1. The molecule has 1 aromatic rings. The molecule has 1 fully saturated rings. The molecular formula is C14H17ClFNO2. The predicted octanol–water partition coefficient (Wildman–Crippen LogP) is 2.90. The van der Waals surface area contributed by atoms with Crippen LogP contribution in [0.4, 0.5) is 4.39 Å². The van der Waals surface area contributed by atoms with Crippen LogP contribution in [0.2, 0.25) is 5.02 Å². The van der Waals surface area contributed by atoms with Crippen LogP contribution in [-0.2, 0) is 0 Å². The molecule has 5 heteroatoms. The number of hydrogen-bond acceptors (Lipinski definition) is 2. The minimum absolute atomic E-state index is 0.109. The summed E-state index contributed by atoms with van der Waals surface area (Å²) in [6, 6.07) is 3.85. The summed E-state index contributed by atoms with van der Waals surface area (Å²) in [7, 11) is 0. The van der Waals surface area contributed by atoms with E-state index in [0.29, 0.717) is 6.42 Å². The van der Waals surface area contributed by atoms with E-state index >= 15 is 0 Å². The van der Waals surface area contributed by atoms with E-state index in [1.165, 1.54) is 18.2 Å². The Bertz CT molecular complexity index is 467. The standard InChI is InChI=1S/C14H17ClFNO2/c15-13-9(5-4-6-10(13)16)14(19)17-11-7-2-1-3-8-12(11)18/h4-6,11-12,18H,1-3,7-8H2,(H,17,19). The molecule has 2 unspecified atom stereocenters. The molecule has 0 aliphatic heterocycles. The van der Waals surface area contributed by atoms with Crippen LogP contribution >= 0.6 is 11.6 Å². The van der Waals surface area contributed by atoms with E-state index in [-0.39, 0.29) is 16.6 Å². The number of carbonyl (C=O) groups excluding carboxylic acids is 1. The lowest BCUT2D eigenvalue weighted by atomic mass is 10.1. The van der Waals surface area contributed by atoms with Gasteiger partial charge in [-0.1, -0.05) is 36.9 Å². The second kappa shape index (κ2) is 6.35. The summed E-state index contributed by atoms with van der Waals surface area (Å²) in [4.78, 5) is 12.1. The topological polar surface area (TPSA) is 49.3 Å². The van der Waals surface area contributed by atoms with Gasteiger partial charge in [-0.15, -0.1) is 0 Å². The highest BCUT2D eigenvalue weighted by Crippen LogP contribution is 2.22. The fraction of sp³-hybridized carbons (Fsp3) is 0.500. The van der Waals surface area contributed by atoms with Gasteiger partial charge in [0.1, 0.15) is 5.82 Å². The van der Waals surface area contributed by atoms with E-state index in [2.05, 4.69) is 5.32 Å². The molecule has 2 rings (SSSR count). The molecule has 104 valence electrons. The molecule has 0 bridgehead atoms. The van der Waals surface area contributed by atoms with Gasteiger partial charge in [-0.05, 0) is 25.0 Å². The van der Waals surface area contributed by atoms with Crippen molar-refractivity contribution in [1.29, 1.82) is 0 Å². The van der Waals surface area contributed by atoms with Gasteiger partial charge in [0.2, 0.25) is 0 Å². The Morgan fingerprint density at radius 3 is 2.84 bits per heavy atom. The van der Waals surface area contributed by atoms with Crippen molar-refractivity contribution >= 4 is 17.5 Å². The molecule has 1 saturated carbocycles. The summed E-state index contributed by atoms with van der Waals surface area (Å²) < 4.78 is 13.3. The monoisotopic (exact) mass is 285 g/mol. The van der Waals surface area contributed by atoms with E-state index in [1.54, 1.807) is 0 Å². The van der Waals surface area contributed by atoms with Gasteiger partial charge in [-0.25, -0.2) is 4.39 Å². The van der Waals surface area contributed by atoms with E-state index in [0.717, 1.165) is 25.7 Å². The first-order valence-electron chi connectivity index (χ1n) is 6.52. The second-order valence-electron chi connectivity index (χ2n) is 4.89. The zero-order valence-corrected chi connectivity index (χ0v) is 11.3. The molecule has 2 N–H and O–H groups in total. The van der Waals surface area contributed by atoms with Gasteiger partial charge in [0.25, 0.3) is 5.91 Å². The Balaban J connectivity index is 2.09. The zero-order chi connectivity index (χ0) is 13.8. The van der Waals surface area contributed by atoms with Crippen molar-refractivity contribution in [2.24, 2.45) is 0 Å². The SMILES string of the molecule is O=C(NC1CCCCCC1O)c1cccc(F)c1Cl. The van der Waals surface area contributed by atoms with E-state index < -0.39 is 17.8 Å². The number of halogens is 2. The van der Waals surface area contributed by atoms with Crippen LogP contribution in [0.1, 0.15) is 42.5 Å².